The van der Waals surface area contributed by atoms with Gasteiger partial charge in [0, 0.05) is 39.3 Å². The molecule has 0 unspecified atom stereocenters. The Hall–Kier alpha value is -2.57. The zero-order valence-electron chi connectivity index (χ0n) is 17.6. The quantitative estimate of drug-likeness (QED) is 0.742. The van der Waals surface area contributed by atoms with Gasteiger partial charge in [-0.1, -0.05) is 36.4 Å². The highest BCUT2D eigenvalue weighted by atomic mass is 16.5. The monoisotopic (exact) mass is 397 g/mol. The lowest BCUT2D eigenvalue weighted by atomic mass is 10.1. The topological polar surface area (TPSA) is 54.0 Å². The largest absolute Gasteiger partial charge is 0.493 e. The number of ether oxygens (including phenoxy) is 2. The molecule has 0 aliphatic carbocycles. The molecule has 0 radical (unpaired) electrons. The Balaban J connectivity index is 1.46. The van der Waals surface area contributed by atoms with Crippen LogP contribution in [0.1, 0.15) is 18.1 Å². The number of benzene rings is 2. The highest BCUT2D eigenvalue weighted by molar-refractivity contribution is 5.81. The lowest BCUT2D eigenvalue weighted by Gasteiger charge is -2.37. The van der Waals surface area contributed by atoms with Gasteiger partial charge in [-0.25, -0.2) is 0 Å². The van der Waals surface area contributed by atoms with Crippen LogP contribution in [-0.2, 0) is 17.9 Å². The Bertz CT molecular complexity index is 789. The molecule has 0 aromatic heterocycles. The van der Waals surface area contributed by atoms with Crippen LogP contribution in [0.4, 0.5) is 0 Å². The number of methoxy groups -OCH3 is 2. The van der Waals surface area contributed by atoms with Gasteiger partial charge in [-0.15, -0.1) is 0 Å². The van der Waals surface area contributed by atoms with Crippen molar-refractivity contribution in [1.82, 2.24) is 15.1 Å². The summed E-state index contributed by atoms with van der Waals surface area (Å²) in [5.41, 5.74) is 2.32. The summed E-state index contributed by atoms with van der Waals surface area (Å²) in [4.78, 5) is 17.2. The highest BCUT2D eigenvalue weighted by Gasteiger charge is 2.25. The van der Waals surface area contributed by atoms with Crippen molar-refractivity contribution in [2.24, 2.45) is 0 Å². The van der Waals surface area contributed by atoms with Crippen molar-refractivity contribution in [3.8, 4) is 11.5 Å². The molecule has 1 aliphatic rings. The van der Waals surface area contributed by atoms with E-state index in [1.165, 1.54) is 5.56 Å². The van der Waals surface area contributed by atoms with Gasteiger partial charge in [0.05, 0.1) is 20.3 Å². The maximum absolute atomic E-state index is 12.5. The predicted molar refractivity (Wildman–Crippen MR) is 114 cm³/mol. The molecule has 2 aromatic rings. The van der Waals surface area contributed by atoms with E-state index >= 15 is 0 Å². The number of hydrogen-bond donors (Lipinski definition) is 1. The zero-order valence-corrected chi connectivity index (χ0v) is 17.6. The first-order chi connectivity index (χ1) is 14.1. The molecule has 3 rings (SSSR count). The first kappa shape index (κ1) is 21.1. The summed E-state index contributed by atoms with van der Waals surface area (Å²) in [5, 5.41) is 3.05. The van der Waals surface area contributed by atoms with Crippen LogP contribution in [0.2, 0.25) is 0 Å². The summed E-state index contributed by atoms with van der Waals surface area (Å²) in [6.45, 7) is 7.06. The van der Waals surface area contributed by atoms with Gasteiger partial charge in [0.2, 0.25) is 5.91 Å². The third-order valence-corrected chi connectivity index (χ3v) is 5.50. The number of nitrogens with zero attached hydrogens (tertiary/aromatic N) is 2. The van der Waals surface area contributed by atoms with E-state index < -0.39 is 0 Å². The van der Waals surface area contributed by atoms with E-state index in [0.29, 0.717) is 6.54 Å². The summed E-state index contributed by atoms with van der Waals surface area (Å²) < 4.78 is 10.7. The molecule has 1 atom stereocenters. The van der Waals surface area contributed by atoms with Gasteiger partial charge in [-0.2, -0.15) is 0 Å². The van der Waals surface area contributed by atoms with Gasteiger partial charge in [0.25, 0.3) is 0 Å². The van der Waals surface area contributed by atoms with Crippen molar-refractivity contribution in [3.05, 3.63) is 59.7 Å². The van der Waals surface area contributed by atoms with E-state index in [9.17, 15) is 4.79 Å². The molecule has 1 amide bonds. The van der Waals surface area contributed by atoms with Gasteiger partial charge in [0.1, 0.15) is 0 Å². The van der Waals surface area contributed by atoms with Crippen molar-refractivity contribution in [3.63, 3.8) is 0 Å². The fourth-order valence-electron chi connectivity index (χ4n) is 3.64. The minimum absolute atomic E-state index is 0.0854. The SMILES string of the molecule is COc1ccc(CN2CCN([C@H](C)C(=O)NCc3ccccc3)CC2)cc1OC. The van der Waals surface area contributed by atoms with Crippen molar-refractivity contribution >= 4 is 5.91 Å². The van der Waals surface area contributed by atoms with E-state index in [1.807, 2.05) is 49.4 Å². The highest BCUT2D eigenvalue weighted by Crippen LogP contribution is 2.28. The molecule has 6 nitrogen and oxygen atoms in total. The summed E-state index contributed by atoms with van der Waals surface area (Å²) in [6, 6.07) is 15.9. The number of rotatable bonds is 8. The normalized spacial score (nSPS) is 16.2. The molecule has 1 aliphatic heterocycles. The standard InChI is InChI=1S/C23H31N3O3/c1-18(23(27)24-16-19-7-5-4-6-8-19)26-13-11-25(12-14-26)17-20-9-10-21(28-2)22(15-20)29-3/h4-10,15,18H,11-14,16-17H2,1-3H3,(H,24,27)/t18-/m1/s1. The maximum Gasteiger partial charge on any atom is 0.237 e. The van der Waals surface area contributed by atoms with Crippen LogP contribution in [0.5, 0.6) is 11.5 Å². The molecule has 0 spiro atoms. The minimum Gasteiger partial charge on any atom is -0.493 e. The number of piperazine rings is 1. The Morgan fingerprint density at radius 3 is 2.31 bits per heavy atom. The van der Waals surface area contributed by atoms with Crippen molar-refractivity contribution in [2.75, 3.05) is 40.4 Å². The molecule has 1 N–H and O–H groups in total. The van der Waals surface area contributed by atoms with Crippen LogP contribution in [-0.4, -0.2) is 62.1 Å². The van der Waals surface area contributed by atoms with Crippen LogP contribution in [0, 0.1) is 0 Å². The molecule has 1 heterocycles. The Labute approximate surface area is 173 Å². The summed E-state index contributed by atoms with van der Waals surface area (Å²) >= 11 is 0. The number of carbonyl (C=O) groups excluding carboxylic acids is 1. The number of amides is 1. The zero-order chi connectivity index (χ0) is 20.6. The molecule has 156 valence electrons. The molecular weight excluding hydrogens is 366 g/mol. The van der Waals surface area contributed by atoms with E-state index in [4.69, 9.17) is 9.47 Å². The molecule has 1 fully saturated rings. The summed E-state index contributed by atoms with van der Waals surface area (Å²) in [6.07, 6.45) is 0. The lowest BCUT2D eigenvalue weighted by molar-refractivity contribution is -0.126. The molecule has 1 saturated heterocycles. The van der Waals surface area contributed by atoms with Crippen LogP contribution in [0.3, 0.4) is 0 Å². The predicted octanol–water partition coefficient (Wildman–Crippen LogP) is 2.53. The maximum atomic E-state index is 12.5. The van der Waals surface area contributed by atoms with E-state index in [2.05, 4.69) is 21.2 Å². The van der Waals surface area contributed by atoms with Gasteiger partial charge in [0.15, 0.2) is 11.5 Å². The van der Waals surface area contributed by atoms with Crippen LogP contribution >= 0.6 is 0 Å². The first-order valence-corrected chi connectivity index (χ1v) is 10.1. The number of hydrogen-bond acceptors (Lipinski definition) is 5. The fraction of sp³-hybridized carbons (Fsp3) is 0.435. The van der Waals surface area contributed by atoms with Gasteiger partial charge in [-0.05, 0) is 30.2 Å². The second-order valence-corrected chi connectivity index (χ2v) is 7.38. The Morgan fingerprint density at radius 2 is 1.66 bits per heavy atom. The van der Waals surface area contributed by atoms with Crippen molar-refractivity contribution < 1.29 is 14.3 Å². The van der Waals surface area contributed by atoms with Crippen LogP contribution in [0.15, 0.2) is 48.5 Å². The average molecular weight is 398 g/mol. The van der Waals surface area contributed by atoms with Crippen LogP contribution < -0.4 is 14.8 Å². The second-order valence-electron chi connectivity index (χ2n) is 7.38. The smallest absolute Gasteiger partial charge is 0.237 e. The first-order valence-electron chi connectivity index (χ1n) is 10.1. The van der Waals surface area contributed by atoms with Crippen LogP contribution in [0.25, 0.3) is 0 Å². The van der Waals surface area contributed by atoms with Gasteiger partial charge in [-0.3, -0.25) is 14.6 Å². The summed E-state index contributed by atoms with van der Waals surface area (Å²) in [5.74, 6) is 1.59. The van der Waals surface area contributed by atoms with Gasteiger partial charge < -0.3 is 14.8 Å². The van der Waals surface area contributed by atoms with E-state index in [-0.39, 0.29) is 11.9 Å². The third kappa shape index (κ3) is 5.71. The summed E-state index contributed by atoms with van der Waals surface area (Å²) in [7, 11) is 3.30. The lowest BCUT2D eigenvalue weighted by Crippen LogP contribution is -2.53. The Kier molecular flexibility index (Phi) is 7.49. The molecule has 2 aromatic carbocycles. The molecule has 29 heavy (non-hydrogen) atoms. The minimum atomic E-state index is -0.123. The fourth-order valence-corrected chi connectivity index (χ4v) is 3.64. The van der Waals surface area contributed by atoms with E-state index in [1.54, 1.807) is 14.2 Å². The number of nitrogens with one attached hydrogen (secondary N) is 1. The molecular formula is C23H31N3O3. The second kappa shape index (κ2) is 10.3. The molecule has 0 bridgehead atoms. The third-order valence-electron chi connectivity index (χ3n) is 5.50. The Morgan fingerprint density at radius 1 is 0.966 bits per heavy atom. The molecule has 0 saturated carbocycles. The molecule has 6 heteroatoms. The van der Waals surface area contributed by atoms with Crippen molar-refractivity contribution in [1.29, 1.82) is 0 Å². The average Bonchev–Trinajstić information content (AvgIpc) is 2.78. The van der Waals surface area contributed by atoms with E-state index in [0.717, 1.165) is 49.8 Å². The number of carbonyl (C=O) groups is 1. The van der Waals surface area contributed by atoms with Gasteiger partial charge >= 0.3 is 0 Å². The van der Waals surface area contributed by atoms with Crippen molar-refractivity contribution in [2.45, 2.75) is 26.1 Å².